The number of benzene rings is 1. The number of carboxylic acid groups (broad SMARTS) is 1. The van der Waals surface area contributed by atoms with Crippen molar-refractivity contribution in [1.82, 2.24) is 0 Å². The third kappa shape index (κ3) is 4.41. The Morgan fingerprint density at radius 1 is 1.32 bits per heavy atom. The second kappa shape index (κ2) is 6.38. The summed E-state index contributed by atoms with van der Waals surface area (Å²) < 4.78 is 0. The fourth-order valence-corrected chi connectivity index (χ4v) is 2.69. The van der Waals surface area contributed by atoms with Crippen molar-refractivity contribution in [2.45, 2.75) is 26.3 Å². The van der Waals surface area contributed by atoms with Crippen LogP contribution in [0.1, 0.15) is 21.7 Å². The highest BCUT2D eigenvalue weighted by Crippen LogP contribution is 2.18. The van der Waals surface area contributed by atoms with Gasteiger partial charge in [-0.25, -0.2) is 0 Å². The van der Waals surface area contributed by atoms with Gasteiger partial charge in [-0.05, 0) is 43.2 Å². The van der Waals surface area contributed by atoms with Gasteiger partial charge < -0.3 is 10.4 Å². The summed E-state index contributed by atoms with van der Waals surface area (Å²) in [5.74, 6) is -0.757. The molecule has 2 aromatic rings. The molecule has 0 bridgehead atoms. The lowest BCUT2D eigenvalue weighted by atomic mass is 10.1. The number of thiophene rings is 1. The van der Waals surface area contributed by atoms with E-state index in [1.54, 1.807) is 11.3 Å². The van der Waals surface area contributed by atoms with E-state index in [1.807, 2.05) is 24.3 Å². The van der Waals surface area contributed by atoms with Gasteiger partial charge in [0, 0.05) is 28.4 Å². The Kier molecular flexibility index (Phi) is 4.58. The summed E-state index contributed by atoms with van der Waals surface area (Å²) in [5.41, 5.74) is 2.09. The molecule has 1 aromatic carbocycles. The van der Waals surface area contributed by atoms with Crippen LogP contribution in [-0.4, -0.2) is 11.1 Å². The summed E-state index contributed by atoms with van der Waals surface area (Å²) in [5, 5.41) is 12.0. The zero-order valence-corrected chi connectivity index (χ0v) is 11.7. The first-order valence-electron chi connectivity index (χ1n) is 6.23. The molecule has 100 valence electrons. The van der Waals surface area contributed by atoms with Gasteiger partial charge in [0.1, 0.15) is 0 Å². The number of hydrogen-bond donors (Lipinski definition) is 2. The predicted molar refractivity (Wildman–Crippen MR) is 78.8 cm³/mol. The van der Waals surface area contributed by atoms with Gasteiger partial charge in [0.2, 0.25) is 0 Å². The maximum Gasteiger partial charge on any atom is 0.303 e. The molecule has 0 aliphatic heterocycles. The number of hydrogen-bond acceptors (Lipinski definition) is 3. The monoisotopic (exact) mass is 275 g/mol. The predicted octanol–water partition coefficient (Wildman–Crippen LogP) is 3.69. The van der Waals surface area contributed by atoms with Crippen LogP contribution in [0.3, 0.4) is 0 Å². The second-order valence-electron chi connectivity index (χ2n) is 4.46. The van der Waals surface area contributed by atoms with E-state index in [4.69, 9.17) is 5.11 Å². The van der Waals surface area contributed by atoms with Crippen LogP contribution >= 0.6 is 11.3 Å². The third-order valence-electron chi connectivity index (χ3n) is 2.82. The van der Waals surface area contributed by atoms with Gasteiger partial charge in [-0.15, -0.1) is 11.3 Å². The van der Waals surface area contributed by atoms with Crippen molar-refractivity contribution in [3.8, 4) is 0 Å². The zero-order chi connectivity index (χ0) is 13.7. The van der Waals surface area contributed by atoms with E-state index in [9.17, 15) is 4.79 Å². The minimum atomic E-state index is -0.757. The van der Waals surface area contributed by atoms with Crippen LogP contribution in [0.4, 0.5) is 5.69 Å². The molecule has 0 atom stereocenters. The van der Waals surface area contributed by atoms with E-state index in [0.29, 0.717) is 6.42 Å². The number of anilines is 1. The van der Waals surface area contributed by atoms with Crippen molar-refractivity contribution in [2.24, 2.45) is 0 Å². The first-order valence-corrected chi connectivity index (χ1v) is 7.05. The molecule has 2 rings (SSSR count). The quantitative estimate of drug-likeness (QED) is 0.845. The minimum absolute atomic E-state index is 0.174. The molecule has 0 radical (unpaired) electrons. The van der Waals surface area contributed by atoms with Gasteiger partial charge in [-0.3, -0.25) is 4.79 Å². The van der Waals surface area contributed by atoms with E-state index in [1.165, 1.54) is 9.75 Å². The van der Waals surface area contributed by atoms with E-state index < -0.39 is 5.97 Å². The summed E-state index contributed by atoms with van der Waals surface area (Å²) in [6, 6.07) is 12.2. The Bertz CT molecular complexity index is 563. The SMILES string of the molecule is Cc1ccc(CNc2cccc(CCC(=O)O)c2)s1. The van der Waals surface area contributed by atoms with Gasteiger partial charge in [-0.1, -0.05) is 12.1 Å². The number of carboxylic acids is 1. The number of nitrogens with one attached hydrogen (secondary N) is 1. The fourth-order valence-electron chi connectivity index (χ4n) is 1.86. The van der Waals surface area contributed by atoms with E-state index >= 15 is 0 Å². The van der Waals surface area contributed by atoms with Crippen molar-refractivity contribution in [3.63, 3.8) is 0 Å². The van der Waals surface area contributed by atoms with Crippen LogP contribution in [0.25, 0.3) is 0 Å². The van der Waals surface area contributed by atoms with Crippen LogP contribution in [0.15, 0.2) is 36.4 Å². The molecule has 0 fully saturated rings. The first-order chi connectivity index (χ1) is 9.13. The Labute approximate surface area is 116 Å². The zero-order valence-electron chi connectivity index (χ0n) is 10.8. The van der Waals surface area contributed by atoms with Crippen LogP contribution in [0.5, 0.6) is 0 Å². The van der Waals surface area contributed by atoms with Gasteiger partial charge in [0.15, 0.2) is 0 Å². The maximum atomic E-state index is 10.6. The number of aryl methyl sites for hydroxylation is 2. The first kappa shape index (κ1) is 13.6. The molecule has 2 N–H and O–H groups in total. The average Bonchev–Trinajstić information content (AvgIpc) is 2.80. The molecule has 0 saturated carbocycles. The molecule has 0 aliphatic carbocycles. The minimum Gasteiger partial charge on any atom is -0.481 e. The van der Waals surface area contributed by atoms with Crippen molar-refractivity contribution >= 4 is 23.0 Å². The van der Waals surface area contributed by atoms with E-state index in [-0.39, 0.29) is 6.42 Å². The van der Waals surface area contributed by atoms with Gasteiger partial charge in [0.25, 0.3) is 0 Å². The molecule has 0 unspecified atom stereocenters. The molecule has 0 aliphatic rings. The third-order valence-corrected chi connectivity index (χ3v) is 3.82. The highest BCUT2D eigenvalue weighted by Gasteiger charge is 2.01. The smallest absolute Gasteiger partial charge is 0.303 e. The molecule has 19 heavy (non-hydrogen) atoms. The van der Waals surface area contributed by atoms with Crippen LogP contribution in [-0.2, 0) is 17.8 Å². The molecule has 0 spiro atoms. The van der Waals surface area contributed by atoms with Crippen LogP contribution in [0.2, 0.25) is 0 Å². The number of carbonyl (C=O) groups is 1. The van der Waals surface area contributed by atoms with Crippen LogP contribution in [0, 0.1) is 6.92 Å². The maximum absolute atomic E-state index is 10.6. The Morgan fingerprint density at radius 3 is 2.84 bits per heavy atom. The highest BCUT2D eigenvalue weighted by atomic mass is 32.1. The average molecular weight is 275 g/mol. The van der Waals surface area contributed by atoms with Gasteiger partial charge >= 0.3 is 5.97 Å². The van der Waals surface area contributed by atoms with Crippen molar-refractivity contribution in [1.29, 1.82) is 0 Å². The summed E-state index contributed by atoms with van der Waals surface area (Å²) in [6.07, 6.45) is 0.747. The molecular formula is C15H17NO2S. The molecule has 0 amide bonds. The second-order valence-corrected chi connectivity index (χ2v) is 5.83. The molecule has 4 heteroatoms. The number of rotatable bonds is 6. The molecule has 3 nitrogen and oxygen atoms in total. The Morgan fingerprint density at radius 2 is 2.16 bits per heavy atom. The Hall–Kier alpha value is -1.81. The number of aliphatic carboxylic acids is 1. The van der Waals surface area contributed by atoms with E-state index in [0.717, 1.165) is 17.8 Å². The largest absolute Gasteiger partial charge is 0.481 e. The van der Waals surface area contributed by atoms with Crippen LogP contribution < -0.4 is 5.32 Å². The van der Waals surface area contributed by atoms with Gasteiger partial charge in [-0.2, -0.15) is 0 Å². The summed E-state index contributed by atoms with van der Waals surface area (Å²) in [7, 11) is 0. The van der Waals surface area contributed by atoms with Crippen molar-refractivity contribution < 1.29 is 9.90 Å². The summed E-state index contributed by atoms with van der Waals surface area (Å²) in [6.45, 7) is 2.90. The summed E-state index contributed by atoms with van der Waals surface area (Å²) in [4.78, 5) is 13.2. The Balaban J connectivity index is 1.93. The summed E-state index contributed by atoms with van der Waals surface area (Å²) >= 11 is 1.79. The lowest BCUT2D eigenvalue weighted by Crippen LogP contribution is -2.00. The highest BCUT2D eigenvalue weighted by molar-refractivity contribution is 7.11. The molecule has 1 aromatic heterocycles. The van der Waals surface area contributed by atoms with E-state index in [2.05, 4.69) is 24.4 Å². The molecule has 1 heterocycles. The molecular weight excluding hydrogens is 258 g/mol. The van der Waals surface area contributed by atoms with Crippen molar-refractivity contribution in [2.75, 3.05) is 5.32 Å². The fraction of sp³-hybridized carbons (Fsp3) is 0.267. The normalized spacial score (nSPS) is 10.4. The lowest BCUT2D eigenvalue weighted by molar-refractivity contribution is -0.136. The van der Waals surface area contributed by atoms with Crippen molar-refractivity contribution in [3.05, 3.63) is 51.7 Å². The standard InChI is InChI=1S/C15H17NO2S/c1-11-5-7-14(19-11)10-16-13-4-2-3-12(9-13)6-8-15(17)18/h2-5,7,9,16H,6,8,10H2,1H3,(H,17,18). The van der Waals surface area contributed by atoms with Gasteiger partial charge in [0.05, 0.1) is 0 Å². The topological polar surface area (TPSA) is 49.3 Å². The lowest BCUT2D eigenvalue weighted by Gasteiger charge is -2.07. The molecule has 0 saturated heterocycles.